The highest BCUT2D eigenvalue weighted by Crippen LogP contribution is 2.30. The minimum absolute atomic E-state index is 0.630. The smallest absolute Gasteiger partial charge is 0.368 e. The third-order valence-corrected chi connectivity index (χ3v) is 2.46. The van der Waals surface area contributed by atoms with E-state index in [1.807, 2.05) is 11.4 Å². The Hall–Kier alpha value is -0.310. The van der Waals surface area contributed by atoms with Crippen molar-refractivity contribution in [2.75, 3.05) is 7.11 Å². The summed E-state index contributed by atoms with van der Waals surface area (Å²) in [6, 6.07) is 3.57. The number of rotatable bonds is 3. The van der Waals surface area contributed by atoms with E-state index in [2.05, 4.69) is 4.52 Å². The van der Waals surface area contributed by atoms with Crippen LogP contribution in [0.25, 0.3) is 0 Å². The molecule has 0 spiro atoms. The zero-order chi connectivity index (χ0) is 7.40. The molecule has 3 nitrogen and oxygen atoms in total. The third kappa shape index (κ3) is 2.14. The maximum Gasteiger partial charge on any atom is 0.368 e. The highest BCUT2D eigenvalue weighted by molar-refractivity contribution is 7.34. The molecule has 0 aliphatic carbocycles. The molecular formula is C5H7O3PS. The van der Waals surface area contributed by atoms with Crippen LogP contribution in [0.1, 0.15) is 0 Å². The van der Waals surface area contributed by atoms with Gasteiger partial charge in [-0.05, 0) is 17.5 Å². The minimum Gasteiger partial charge on any atom is -0.416 e. The Bertz CT molecular complexity index is 209. The molecule has 0 aliphatic rings. The highest BCUT2D eigenvalue weighted by atomic mass is 32.1. The molecule has 1 heterocycles. The van der Waals surface area contributed by atoms with Crippen molar-refractivity contribution in [2.45, 2.75) is 0 Å². The lowest BCUT2D eigenvalue weighted by Gasteiger charge is -1.98. The van der Waals surface area contributed by atoms with Gasteiger partial charge in [-0.25, -0.2) is 4.57 Å². The number of hydrogen-bond donors (Lipinski definition) is 0. The first-order chi connectivity index (χ1) is 4.83. The molecule has 1 aromatic rings. The average Bonchev–Trinajstić information content (AvgIpc) is 2.40. The molecule has 1 rings (SSSR count). The molecule has 0 saturated carbocycles. The summed E-state index contributed by atoms with van der Waals surface area (Å²) in [6.07, 6.45) is 0. The van der Waals surface area contributed by atoms with Gasteiger partial charge < -0.3 is 9.05 Å². The van der Waals surface area contributed by atoms with Crippen molar-refractivity contribution in [3.8, 4) is 5.06 Å². The molecular weight excluding hydrogens is 171 g/mol. The Morgan fingerprint density at radius 2 is 2.50 bits per heavy atom. The standard InChI is InChI=1S/C5H7O3PS/c1-7-9(6)8-5-3-2-4-10-5/h2-4,9H,1H3. The van der Waals surface area contributed by atoms with Gasteiger partial charge in [0.2, 0.25) is 0 Å². The summed E-state index contributed by atoms with van der Waals surface area (Å²) in [5.74, 6) is 0. The number of thiophene rings is 1. The minimum atomic E-state index is -2.29. The van der Waals surface area contributed by atoms with Crippen molar-refractivity contribution in [3.05, 3.63) is 17.5 Å². The first kappa shape index (κ1) is 7.79. The molecule has 56 valence electrons. The van der Waals surface area contributed by atoms with Gasteiger partial charge >= 0.3 is 8.25 Å². The van der Waals surface area contributed by atoms with Gasteiger partial charge in [-0.3, -0.25) is 0 Å². The van der Waals surface area contributed by atoms with E-state index in [9.17, 15) is 4.57 Å². The van der Waals surface area contributed by atoms with Crippen molar-refractivity contribution in [1.29, 1.82) is 0 Å². The van der Waals surface area contributed by atoms with E-state index < -0.39 is 8.25 Å². The molecule has 0 N–H and O–H groups in total. The van der Waals surface area contributed by atoms with Gasteiger partial charge in [0.1, 0.15) is 0 Å². The van der Waals surface area contributed by atoms with Crippen LogP contribution in [0.3, 0.4) is 0 Å². The predicted octanol–water partition coefficient (Wildman–Crippen LogP) is 2.16. The van der Waals surface area contributed by atoms with Crippen LogP contribution in [0.2, 0.25) is 0 Å². The van der Waals surface area contributed by atoms with Crippen LogP contribution >= 0.6 is 19.6 Å². The van der Waals surface area contributed by atoms with Crippen molar-refractivity contribution in [2.24, 2.45) is 0 Å². The molecule has 0 fully saturated rings. The topological polar surface area (TPSA) is 35.5 Å². The van der Waals surface area contributed by atoms with Crippen LogP contribution in [0, 0.1) is 0 Å². The van der Waals surface area contributed by atoms with Gasteiger partial charge in [0.15, 0.2) is 5.06 Å². The first-order valence-corrected chi connectivity index (χ1v) is 4.72. The summed E-state index contributed by atoms with van der Waals surface area (Å²) in [6.45, 7) is 0. The van der Waals surface area contributed by atoms with Crippen molar-refractivity contribution in [1.82, 2.24) is 0 Å². The van der Waals surface area contributed by atoms with Gasteiger partial charge in [0, 0.05) is 7.11 Å². The fraction of sp³-hybridized carbons (Fsp3) is 0.200. The summed E-state index contributed by atoms with van der Waals surface area (Å²) in [4.78, 5) is 0. The van der Waals surface area contributed by atoms with Crippen LogP contribution < -0.4 is 4.52 Å². The molecule has 0 aromatic carbocycles. The predicted molar refractivity (Wildman–Crippen MR) is 41.0 cm³/mol. The van der Waals surface area contributed by atoms with E-state index in [0.717, 1.165) is 0 Å². The van der Waals surface area contributed by atoms with Crippen LogP contribution in [0.5, 0.6) is 5.06 Å². The van der Waals surface area contributed by atoms with E-state index in [-0.39, 0.29) is 0 Å². The molecule has 1 aromatic heterocycles. The third-order valence-electron chi connectivity index (χ3n) is 0.846. The van der Waals surface area contributed by atoms with E-state index >= 15 is 0 Å². The zero-order valence-electron chi connectivity index (χ0n) is 5.37. The van der Waals surface area contributed by atoms with Gasteiger partial charge in [-0.1, -0.05) is 0 Å². The Morgan fingerprint density at radius 1 is 1.70 bits per heavy atom. The van der Waals surface area contributed by atoms with Crippen LogP contribution in [-0.2, 0) is 9.09 Å². The first-order valence-electron chi connectivity index (χ1n) is 2.62. The van der Waals surface area contributed by atoms with Crippen LogP contribution in [0.15, 0.2) is 17.5 Å². The average molecular weight is 178 g/mol. The van der Waals surface area contributed by atoms with Crippen molar-refractivity contribution in [3.63, 3.8) is 0 Å². The fourth-order valence-corrected chi connectivity index (χ4v) is 1.61. The second-order valence-electron chi connectivity index (χ2n) is 1.49. The molecule has 1 unspecified atom stereocenters. The van der Waals surface area contributed by atoms with Crippen molar-refractivity contribution >= 4 is 19.6 Å². The Balaban J connectivity index is 2.48. The largest absolute Gasteiger partial charge is 0.416 e. The summed E-state index contributed by atoms with van der Waals surface area (Å²) in [7, 11) is -0.935. The molecule has 0 aliphatic heterocycles. The van der Waals surface area contributed by atoms with Crippen LogP contribution in [0.4, 0.5) is 0 Å². The summed E-state index contributed by atoms with van der Waals surface area (Å²) < 4.78 is 19.9. The van der Waals surface area contributed by atoms with Gasteiger partial charge in [-0.2, -0.15) is 0 Å². The highest BCUT2D eigenvalue weighted by Gasteiger charge is 1.97. The lowest BCUT2D eigenvalue weighted by molar-refractivity contribution is 0.351. The van der Waals surface area contributed by atoms with E-state index in [4.69, 9.17) is 4.52 Å². The molecule has 10 heavy (non-hydrogen) atoms. The van der Waals surface area contributed by atoms with E-state index in [0.29, 0.717) is 5.06 Å². The lowest BCUT2D eigenvalue weighted by Crippen LogP contribution is -1.77. The van der Waals surface area contributed by atoms with E-state index in [1.54, 1.807) is 6.07 Å². The quantitative estimate of drug-likeness (QED) is 0.665. The summed E-state index contributed by atoms with van der Waals surface area (Å²) >= 11 is 1.39. The van der Waals surface area contributed by atoms with Crippen LogP contribution in [-0.4, -0.2) is 7.11 Å². The molecule has 0 bridgehead atoms. The molecule has 1 atom stereocenters. The number of hydrogen-bond acceptors (Lipinski definition) is 4. The van der Waals surface area contributed by atoms with Gasteiger partial charge in [0.25, 0.3) is 0 Å². The normalized spacial score (nSPS) is 12.9. The fourth-order valence-electron chi connectivity index (χ4n) is 0.445. The van der Waals surface area contributed by atoms with Crippen molar-refractivity contribution < 1.29 is 13.6 Å². The summed E-state index contributed by atoms with van der Waals surface area (Å²) in [5.41, 5.74) is 0. The molecule has 5 heteroatoms. The maximum absolute atomic E-state index is 10.6. The molecule has 0 amide bonds. The second kappa shape index (κ2) is 3.76. The molecule has 0 radical (unpaired) electrons. The van der Waals surface area contributed by atoms with Gasteiger partial charge in [0.05, 0.1) is 0 Å². The van der Waals surface area contributed by atoms with E-state index in [1.165, 1.54) is 18.4 Å². The van der Waals surface area contributed by atoms with Gasteiger partial charge in [-0.15, -0.1) is 11.3 Å². The zero-order valence-corrected chi connectivity index (χ0v) is 7.18. The second-order valence-corrected chi connectivity index (χ2v) is 3.51. The molecule has 0 saturated heterocycles. The Kier molecular flexibility index (Phi) is 2.93. The monoisotopic (exact) mass is 178 g/mol. The Labute approximate surface area is 63.5 Å². The summed E-state index contributed by atoms with van der Waals surface area (Å²) in [5, 5.41) is 2.48. The Morgan fingerprint density at radius 3 is 3.00 bits per heavy atom. The lowest BCUT2D eigenvalue weighted by atomic mass is 10.7. The SMILES string of the molecule is CO[PH](=O)Oc1cccs1. The maximum atomic E-state index is 10.6.